The molecule has 0 aromatic carbocycles. The highest BCUT2D eigenvalue weighted by Crippen LogP contribution is 2.62. The molecule has 6 atom stereocenters. The van der Waals surface area contributed by atoms with E-state index in [0.717, 1.165) is 0 Å². The predicted octanol–water partition coefficient (Wildman–Crippen LogP) is 2.01. The molecule has 1 heterocycles. The largest absolute Gasteiger partial charge is 0.459 e. The van der Waals surface area contributed by atoms with E-state index < -0.39 is 35.0 Å². The Balaban J connectivity index is 2.04. The van der Waals surface area contributed by atoms with Crippen LogP contribution in [-0.4, -0.2) is 52.9 Å². The van der Waals surface area contributed by atoms with Gasteiger partial charge in [0.15, 0.2) is 0 Å². The Morgan fingerprint density at radius 3 is 2.57 bits per heavy atom. The fraction of sp³-hybridized carbons (Fsp3) is 0.714. The van der Waals surface area contributed by atoms with Crippen LogP contribution in [0.3, 0.4) is 0 Å². The number of ether oxygens (including phenoxy) is 3. The molecular formula is C21H30O7. The highest BCUT2D eigenvalue weighted by molar-refractivity contribution is 5.92. The maximum absolute atomic E-state index is 12.3. The lowest BCUT2D eigenvalue weighted by atomic mass is 9.49. The Labute approximate surface area is 165 Å². The summed E-state index contributed by atoms with van der Waals surface area (Å²) in [4.78, 5) is 24.5. The van der Waals surface area contributed by atoms with Crippen LogP contribution in [0.5, 0.6) is 0 Å². The van der Waals surface area contributed by atoms with Crippen molar-refractivity contribution in [3.8, 4) is 0 Å². The summed E-state index contributed by atoms with van der Waals surface area (Å²) in [6, 6.07) is 0. The van der Waals surface area contributed by atoms with Crippen molar-refractivity contribution in [3.63, 3.8) is 0 Å². The minimum absolute atomic E-state index is 0.131. The summed E-state index contributed by atoms with van der Waals surface area (Å²) in [7, 11) is 1.48. The minimum Gasteiger partial charge on any atom is -0.459 e. The first-order chi connectivity index (χ1) is 12.9. The average molecular weight is 394 g/mol. The van der Waals surface area contributed by atoms with Crippen LogP contribution in [0, 0.1) is 11.3 Å². The molecule has 0 unspecified atom stereocenters. The number of hydrogen-bond donors (Lipinski definition) is 2. The molecule has 0 aromatic heterocycles. The van der Waals surface area contributed by atoms with Gasteiger partial charge >= 0.3 is 11.9 Å². The number of esters is 2. The van der Waals surface area contributed by atoms with Crippen molar-refractivity contribution in [2.24, 2.45) is 11.3 Å². The topological polar surface area (TPSA) is 102 Å². The van der Waals surface area contributed by atoms with Gasteiger partial charge in [0.2, 0.25) is 5.79 Å². The second kappa shape index (κ2) is 6.68. The fourth-order valence-electron chi connectivity index (χ4n) is 5.26. The van der Waals surface area contributed by atoms with Gasteiger partial charge in [-0.3, -0.25) is 0 Å². The highest BCUT2D eigenvalue weighted by atomic mass is 16.7. The number of methoxy groups -OCH3 is 1. The Morgan fingerprint density at radius 1 is 1.36 bits per heavy atom. The van der Waals surface area contributed by atoms with Crippen molar-refractivity contribution < 1.29 is 34.0 Å². The molecule has 156 valence electrons. The molecule has 3 aliphatic rings. The molecule has 0 saturated heterocycles. The van der Waals surface area contributed by atoms with Gasteiger partial charge in [0, 0.05) is 41.6 Å². The van der Waals surface area contributed by atoms with E-state index in [4.69, 9.17) is 14.2 Å². The molecule has 2 aliphatic carbocycles. The molecule has 3 rings (SSSR count). The zero-order chi connectivity index (χ0) is 21.1. The van der Waals surface area contributed by atoms with Gasteiger partial charge in [0.25, 0.3) is 0 Å². The Kier molecular flexibility index (Phi) is 5.01. The quantitative estimate of drug-likeness (QED) is 0.558. The second-order valence-corrected chi connectivity index (χ2v) is 8.56. The van der Waals surface area contributed by atoms with Crippen molar-refractivity contribution in [1.29, 1.82) is 0 Å². The van der Waals surface area contributed by atoms with Crippen molar-refractivity contribution in [2.75, 3.05) is 7.11 Å². The summed E-state index contributed by atoms with van der Waals surface area (Å²) in [5, 5.41) is 22.6. The summed E-state index contributed by atoms with van der Waals surface area (Å²) in [5.74, 6) is -3.15. The zero-order valence-electron chi connectivity index (χ0n) is 17.4. The van der Waals surface area contributed by atoms with Crippen LogP contribution in [0.2, 0.25) is 0 Å². The molecule has 0 spiro atoms. The number of rotatable bonds is 3. The molecule has 0 bridgehead atoms. The Bertz CT molecular complexity index is 769. The molecule has 28 heavy (non-hydrogen) atoms. The summed E-state index contributed by atoms with van der Waals surface area (Å²) >= 11 is 0. The Hall–Kier alpha value is -1.70. The van der Waals surface area contributed by atoms with Gasteiger partial charge in [0.1, 0.15) is 6.10 Å². The minimum atomic E-state index is -1.87. The van der Waals surface area contributed by atoms with Crippen molar-refractivity contribution in [1.82, 2.24) is 0 Å². The van der Waals surface area contributed by atoms with E-state index in [2.05, 4.69) is 0 Å². The molecule has 2 saturated carbocycles. The number of hydrogen-bond acceptors (Lipinski definition) is 7. The van der Waals surface area contributed by atoms with E-state index in [0.29, 0.717) is 23.1 Å². The molecule has 0 radical (unpaired) electrons. The maximum Gasteiger partial charge on any atom is 0.336 e. The van der Waals surface area contributed by atoms with Crippen LogP contribution in [0.15, 0.2) is 22.8 Å². The lowest BCUT2D eigenvalue weighted by Gasteiger charge is -2.62. The fourth-order valence-corrected chi connectivity index (χ4v) is 5.26. The van der Waals surface area contributed by atoms with Crippen LogP contribution in [0.1, 0.15) is 53.9 Å². The van der Waals surface area contributed by atoms with Gasteiger partial charge in [-0.2, -0.15) is 0 Å². The lowest BCUT2D eigenvalue weighted by Crippen LogP contribution is -2.70. The molecule has 0 aromatic rings. The first-order valence-electron chi connectivity index (χ1n) is 9.71. The number of carbonyl (C=O) groups excluding carboxylic acids is 2. The van der Waals surface area contributed by atoms with Gasteiger partial charge in [-0.25, -0.2) is 9.59 Å². The standard InChI is InChI=1S/C21H30O7/c1-7-11(2)17(22)27-14-8-9-20(24)10-21(25)15(12(3)18(23)28-21)16(26-6)19(20,5)13(14)4/h7,13-14,16,24-25H,8-10H2,1-6H3/b11-7-/t13-,14-,16+,19-,20-,21-/m0/s1. The zero-order valence-corrected chi connectivity index (χ0v) is 17.4. The number of fused-ring (bicyclic) bond motifs is 2. The average Bonchev–Trinajstić information content (AvgIpc) is 2.85. The summed E-state index contributed by atoms with van der Waals surface area (Å²) in [5.41, 5.74) is -1.07. The van der Waals surface area contributed by atoms with E-state index >= 15 is 0 Å². The van der Waals surface area contributed by atoms with Crippen molar-refractivity contribution >= 4 is 11.9 Å². The van der Waals surface area contributed by atoms with Gasteiger partial charge in [-0.15, -0.1) is 0 Å². The SMILES string of the molecule is C/C=C(/C)C(=O)O[C@H]1CC[C@]2(O)C[C@]3(O)OC(=O)C(C)=C3[C@@H](OC)[C@]2(C)[C@H]1C. The van der Waals surface area contributed by atoms with Crippen LogP contribution in [0.4, 0.5) is 0 Å². The first kappa shape index (κ1) is 21.0. The second-order valence-electron chi connectivity index (χ2n) is 8.56. The summed E-state index contributed by atoms with van der Waals surface area (Å²) < 4.78 is 16.7. The summed E-state index contributed by atoms with van der Waals surface area (Å²) in [6.45, 7) is 8.85. The van der Waals surface area contributed by atoms with Crippen molar-refractivity contribution in [2.45, 2.75) is 77.5 Å². The molecular weight excluding hydrogens is 364 g/mol. The number of allylic oxidation sites excluding steroid dienone is 1. The predicted molar refractivity (Wildman–Crippen MR) is 99.9 cm³/mol. The van der Waals surface area contributed by atoms with Crippen LogP contribution >= 0.6 is 0 Å². The van der Waals surface area contributed by atoms with Gasteiger partial charge in [-0.05, 0) is 33.6 Å². The molecule has 7 nitrogen and oxygen atoms in total. The molecule has 7 heteroatoms. The molecule has 2 N–H and O–H groups in total. The smallest absolute Gasteiger partial charge is 0.336 e. The highest BCUT2D eigenvalue weighted by Gasteiger charge is 2.70. The van der Waals surface area contributed by atoms with E-state index in [-0.39, 0.29) is 24.7 Å². The van der Waals surface area contributed by atoms with Gasteiger partial charge in [0.05, 0.1) is 11.7 Å². The Morgan fingerprint density at radius 2 is 2.00 bits per heavy atom. The van der Waals surface area contributed by atoms with Crippen LogP contribution < -0.4 is 0 Å². The first-order valence-corrected chi connectivity index (χ1v) is 9.71. The van der Waals surface area contributed by atoms with E-state index in [1.807, 2.05) is 13.8 Å². The van der Waals surface area contributed by atoms with E-state index in [9.17, 15) is 19.8 Å². The van der Waals surface area contributed by atoms with E-state index in [1.165, 1.54) is 7.11 Å². The summed E-state index contributed by atoms with van der Waals surface area (Å²) in [6.07, 6.45) is 1.11. The number of carbonyl (C=O) groups is 2. The third kappa shape index (κ3) is 2.67. The van der Waals surface area contributed by atoms with Crippen molar-refractivity contribution in [3.05, 3.63) is 22.8 Å². The van der Waals surface area contributed by atoms with Crippen LogP contribution in [0.25, 0.3) is 0 Å². The van der Waals surface area contributed by atoms with Gasteiger partial charge < -0.3 is 24.4 Å². The third-order valence-corrected chi connectivity index (χ3v) is 7.33. The third-order valence-electron chi connectivity index (χ3n) is 7.33. The number of aliphatic hydroxyl groups is 2. The molecule has 1 aliphatic heterocycles. The normalized spacial score (nSPS) is 43.4. The van der Waals surface area contributed by atoms with Gasteiger partial charge in [-0.1, -0.05) is 19.9 Å². The molecule has 2 fully saturated rings. The lowest BCUT2D eigenvalue weighted by molar-refractivity contribution is -0.286. The van der Waals surface area contributed by atoms with E-state index in [1.54, 1.807) is 26.8 Å². The molecule has 0 amide bonds. The monoisotopic (exact) mass is 394 g/mol. The van der Waals surface area contributed by atoms with Crippen LogP contribution in [-0.2, 0) is 23.8 Å². The maximum atomic E-state index is 12.3.